The van der Waals surface area contributed by atoms with Crippen LogP contribution in [0.1, 0.15) is 42.6 Å². The van der Waals surface area contributed by atoms with Crippen LogP contribution in [-0.4, -0.2) is 23.7 Å². The van der Waals surface area contributed by atoms with Gasteiger partial charge in [0.05, 0.1) is 11.3 Å². The third kappa shape index (κ3) is 2.06. The lowest BCUT2D eigenvalue weighted by Gasteiger charge is -2.25. The predicted octanol–water partition coefficient (Wildman–Crippen LogP) is 3.48. The van der Waals surface area contributed by atoms with Crippen molar-refractivity contribution in [2.75, 3.05) is 11.4 Å². The number of hydrogen-bond acceptors (Lipinski definition) is 2. The average Bonchev–Trinajstić information content (AvgIpc) is 2.57. The van der Waals surface area contributed by atoms with Crippen LogP contribution < -0.4 is 4.90 Å². The summed E-state index contributed by atoms with van der Waals surface area (Å²) in [5, 5.41) is 9.07. The van der Waals surface area contributed by atoms with E-state index in [2.05, 4.69) is 41.6 Å². The van der Waals surface area contributed by atoms with Gasteiger partial charge in [0.15, 0.2) is 0 Å². The molecular formula is C13H16BrNO2. The Morgan fingerprint density at radius 3 is 2.71 bits per heavy atom. The SMILES string of the molecule is CC1CN(C(C)C)c2c(Br)cc(C(=O)O)cc21. The number of halogens is 1. The Hall–Kier alpha value is -1.03. The minimum atomic E-state index is -0.872. The van der Waals surface area contributed by atoms with Crippen molar-refractivity contribution in [2.24, 2.45) is 0 Å². The minimum absolute atomic E-state index is 0.355. The zero-order valence-corrected chi connectivity index (χ0v) is 11.8. The van der Waals surface area contributed by atoms with Gasteiger partial charge < -0.3 is 10.0 Å². The number of anilines is 1. The normalized spacial score (nSPS) is 18.6. The Morgan fingerprint density at radius 2 is 2.18 bits per heavy atom. The second-order valence-electron chi connectivity index (χ2n) is 4.85. The number of carboxylic acids is 1. The summed E-state index contributed by atoms with van der Waals surface area (Å²) in [4.78, 5) is 13.4. The Labute approximate surface area is 110 Å². The monoisotopic (exact) mass is 297 g/mol. The Balaban J connectivity index is 2.57. The third-order valence-electron chi connectivity index (χ3n) is 3.25. The van der Waals surface area contributed by atoms with Crippen LogP contribution in [0.25, 0.3) is 0 Å². The molecule has 1 aliphatic rings. The highest BCUT2D eigenvalue weighted by atomic mass is 79.9. The predicted molar refractivity (Wildman–Crippen MR) is 72.0 cm³/mol. The van der Waals surface area contributed by atoms with E-state index < -0.39 is 5.97 Å². The fourth-order valence-corrected chi connectivity index (χ4v) is 3.08. The van der Waals surface area contributed by atoms with E-state index in [0.29, 0.717) is 17.5 Å². The van der Waals surface area contributed by atoms with Crippen LogP contribution in [0.2, 0.25) is 0 Å². The summed E-state index contributed by atoms with van der Waals surface area (Å²) < 4.78 is 0.880. The molecule has 0 aromatic heterocycles. The molecule has 1 unspecified atom stereocenters. The van der Waals surface area contributed by atoms with E-state index in [1.54, 1.807) is 12.1 Å². The standard InChI is InChI=1S/C13H16BrNO2/c1-7(2)15-6-8(3)10-4-9(13(16)17)5-11(14)12(10)15/h4-5,7-8H,6H2,1-3H3,(H,16,17). The topological polar surface area (TPSA) is 40.5 Å². The van der Waals surface area contributed by atoms with Crippen LogP contribution >= 0.6 is 15.9 Å². The van der Waals surface area contributed by atoms with E-state index in [-0.39, 0.29) is 0 Å². The maximum absolute atomic E-state index is 11.0. The second-order valence-corrected chi connectivity index (χ2v) is 5.70. The average molecular weight is 298 g/mol. The van der Waals surface area contributed by atoms with E-state index in [4.69, 9.17) is 5.11 Å². The highest BCUT2D eigenvalue weighted by Crippen LogP contribution is 2.42. The lowest BCUT2D eigenvalue weighted by molar-refractivity contribution is 0.0696. The van der Waals surface area contributed by atoms with E-state index in [1.807, 2.05) is 0 Å². The molecule has 1 atom stereocenters. The summed E-state index contributed by atoms with van der Waals surface area (Å²) >= 11 is 3.50. The quantitative estimate of drug-likeness (QED) is 0.908. The lowest BCUT2D eigenvalue weighted by atomic mass is 10.0. The maximum atomic E-state index is 11.0. The van der Waals surface area contributed by atoms with Gasteiger partial charge in [-0.2, -0.15) is 0 Å². The molecule has 1 heterocycles. The zero-order valence-electron chi connectivity index (χ0n) is 10.2. The number of carbonyl (C=O) groups is 1. The summed E-state index contributed by atoms with van der Waals surface area (Å²) in [6, 6.07) is 3.91. The maximum Gasteiger partial charge on any atom is 0.335 e. The van der Waals surface area contributed by atoms with Gasteiger partial charge >= 0.3 is 5.97 Å². The van der Waals surface area contributed by atoms with Crippen LogP contribution in [0.3, 0.4) is 0 Å². The Kier molecular flexibility index (Phi) is 3.17. The number of rotatable bonds is 2. The molecule has 0 spiro atoms. The molecule has 0 aliphatic carbocycles. The largest absolute Gasteiger partial charge is 0.478 e. The highest BCUT2D eigenvalue weighted by molar-refractivity contribution is 9.10. The number of hydrogen-bond donors (Lipinski definition) is 1. The molecular weight excluding hydrogens is 282 g/mol. The highest BCUT2D eigenvalue weighted by Gasteiger charge is 2.30. The fraction of sp³-hybridized carbons (Fsp3) is 0.462. The van der Waals surface area contributed by atoms with E-state index >= 15 is 0 Å². The smallest absolute Gasteiger partial charge is 0.335 e. The molecule has 1 N–H and O–H groups in total. The van der Waals surface area contributed by atoms with Crippen molar-refractivity contribution in [3.8, 4) is 0 Å². The number of carboxylic acid groups (broad SMARTS) is 1. The summed E-state index contributed by atoms with van der Waals surface area (Å²) in [7, 11) is 0. The number of fused-ring (bicyclic) bond motifs is 1. The van der Waals surface area contributed by atoms with Gasteiger partial charge in [0.1, 0.15) is 0 Å². The zero-order chi connectivity index (χ0) is 12.7. The van der Waals surface area contributed by atoms with Gasteiger partial charge in [0.25, 0.3) is 0 Å². The number of nitrogens with zero attached hydrogens (tertiary/aromatic N) is 1. The van der Waals surface area contributed by atoms with E-state index in [0.717, 1.165) is 22.3 Å². The summed E-state index contributed by atoms with van der Waals surface area (Å²) in [5.41, 5.74) is 2.64. The lowest BCUT2D eigenvalue weighted by Crippen LogP contribution is -2.29. The van der Waals surface area contributed by atoms with Crippen molar-refractivity contribution in [1.82, 2.24) is 0 Å². The fourth-order valence-electron chi connectivity index (χ4n) is 2.38. The van der Waals surface area contributed by atoms with Gasteiger partial charge in [-0.05, 0) is 47.5 Å². The molecule has 0 amide bonds. The first-order valence-electron chi connectivity index (χ1n) is 5.75. The van der Waals surface area contributed by atoms with Crippen molar-refractivity contribution in [2.45, 2.75) is 32.7 Å². The Morgan fingerprint density at radius 1 is 1.53 bits per heavy atom. The molecule has 17 heavy (non-hydrogen) atoms. The molecule has 1 aliphatic heterocycles. The first-order valence-corrected chi connectivity index (χ1v) is 6.54. The molecule has 3 nitrogen and oxygen atoms in total. The molecule has 0 bridgehead atoms. The van der Waals surface area contributed by atoms with Crippen LogP contribution in [0.5, 0.6) is 0 Å². The number of benzene rings is 1. The van der Waals surface area contributed by atoms with Crippen LogP contribution in [-0.2, 0) is 0 Å². The summed E-state index contributed by atoms with van der Waals surface area (Å²) in [6.45, 7) is 7.40. The first kappa shape index (κ1) is 12.4. The van der Waals surface area contributed by atoms with Gasteiger partial charge in [-0.15, -0.1) is 0 Å². The Bertz CT molecular complexity index is 471. The molecule has 0 saturated heterocycles. The molecule has 92 valence electrons. The van der Waals surface area contributed by atoms with Crippen molar-refractivity contribution >= 4 is 27.6 Å². The summed E-state index contributed by atoms with van der Waals surface area (Å²) in [6.07, 6.45) is 0. The van der Waals surface area contributed by atoms with Gasteiger partial charge in [-0.25, -0.2) is 4.79 Å². The second kappa shape index (κ2) is 4.33. The minimum Gasteiger partial charge on any atom is -0.478 e. The molecule has 0 saturated carbocycles. The molecule has 4 heteroatoms. The van der Waals surface area contributed by atoms with Gasteiger partial charge in [0, 0.05) is 23.0 Å². The van der Waals surface area contributed by atoms with Crippen molar-refractivity contribution in [1.29, 1.82) is 0 Å². The molecule has 2 rings (SSSR count). The van der Waals surface area contributed by atoms with Crippen LogP contribution in [0, 0.1) is 0 Å². The van der Waals surface area contributed by atoms with Crippen molar-refractivity contribution < 1.29 is 9.90 Å². The number of aromatic carboxylic acids is 1. The van der Waals surface area contributed by atoms with Crippen molar-refractivity contribution in [3.05, 3.63) is 27.7 Å². The van der Waals surface area contributed by atoms with E-state index in [9.17, 15) is 4.79 Å². The van der Waals surface area contributed by atoms with Crippen LogP contribution in [0.15, 0.2) is 16.6 Å². The molecule has 1 aromatic rings. The third-order valence-corrected chi connectivity index (χ3v) is 3.86. The molecule has 0 fully saturated rings. The first-order chi connectivity index (χ1) is 7.91. The van der Waals surface area contributed by atoms with Crippen molar-refractivity contribution in [3.63, 3.8) is 0 Å². The molecule has 0 radical (unpaired) electrons. The van der Waals surface area contributed by atoms with Gasteiger partial charge in [0.2, 0.25) is 0 Å². The van der Waals surface area contributed by atoms with Crippen LogP contribution in [0.4, 0.5) is 5.69 Å². The van der Waals surface area contributed by atoms with Gasteiger partial charge in [-0.3, -0.25) is 0 Å². The molecule has 1 aromatic carbocycles. The van der Waals surface area contributed by atoms with Gasteiger partial charge in [-0.1, -0.05) is 6.92 Å². The summed E-state index contributed by atoms with van der Waals surface area (Å²) in [5.74, 6) is -0.494. The van der Waals surface area contributed by atoms with E-state index in [1.165, 1.54) is 0 Å².